The molecule has 0 unspecified atom stereocenters. The molecular formula is C13H16IN3O2. The first-order chi connectivity index (χ1) is 9.20. The first kappa shape index (κ1) is 14.2. The number of piperidine rings is 1. The van der Waals surface area contributed by atoms with Gasteiger partial charge < -0.3 is 4.74 Å². The molecule has 102 valence electrons. The second kappa shape index (κ2) is 6.83. The number of carbonyl (C=O) groups excluding carboxylic acids is 1. The Kier molecular flexibility index (Phi) is 5.12. The van der Waals surface area contributed by atoms with E-state index >= 15 is 0 Å². The fraction of sp³-hybridized carbons (Fsp3) is 0.462. The zero-order valence-corrected chi connectivity index (χ0v) is 13.0. The third-order valence-corrected chi connectivity index (χ3v) is 3.84. The summed E-state index contributed by atoms with van der Waals surface area (Å²) in [6.45, 7) is 1.95. The highest BCUT2D eigenvalue weighted by Crippen LogP contribution is 2.24. The summed E-state index contributed by atoms with van der Waals surface area (Å²) in [7, 11) is 1.37. The molecule has 6 heteroatoms. The highest BCUT2D eigenvalue weighted by atomic mass is 127. The van der Waals surface area contributed by atoms with E-state index in [-0.39, 0.29) is 5.97 Å². The number of rotatable bonds is 3. The molecule has 1 saturated heterocycles. The lowest BCUT2D eigenvalue weighted by Crippen LogP contribution is -2.23. The van der Waals surface area contributed by atoms with Crippen LogP contribution < -0.4 is 0 Å². The van der Waals surface area contributed by atoms with Crippen molar-refractivity contribution in [2.45, 2.75) is 19.3 Å². The van der Waals surface area contributed by atoms with E-state index < -0.39 is 0 Å². The zero-order valence-electron chi connectivity index (χ0n) is 10.8. The van der Waals surface area contributed by atoms with Crippen molar-refractivity contribution in [3.05, 3.63) is 27.3 Å². The summed E-state index contributed by atoms with van der Waals surface area (Å²) in [6, 6.07) is 5.26. The molecular weight excluding hydrogens is 357 g/mol. The molecule has 19 heavy (non-hydrogen) atoms. The van der Waals surface area contributed by atoms with Crippen molar-refractivity contribution in [3.63, 3.8) is 0 Å². The van der Waals surface area contributed by atoms with Crippen LogP contribution in [0.5, 0.6) is 0 Å². The van der Waals surface area contributed by atoms with Crippen molar-refractivity contribution in [1.29, 1.82) is 0 Å². The maximum atomic E-state index is 11.4. The standard InChI is InChI=1S/C13H16IN3O2/c1-19-13(18)10-5-6-12(11(14)9-10)15-16-17-7-3-2-4-8-17/h5-6,9H,2-4,7-8H2,1H3. The second-order valence-corrected chi connectivity index (χ2v) is 5.52. The van der Waals surface area contributed by atoms with Gasteiger partial charge in [0.1, 0.15) is 5.69 Å². The number of methoxy groups -OCH3 is 1. The molecule has 0 bridgehead atoms. The monoisotopic (exact) mass is 373 g/mol. The summed E-state index contributed by atoms with van der Waals surface area (Å²) in [5.74, 6) is -0.336. The van der Waals surface area contributed by atoms with Crippen molar-refractivity contribution in [2.75, 3.05) is 20.2 Å². The molecule has 1 aromatic rings. The van der Waals surface area contributed by atoms with Crippen LogP contribution in [0.1, 0.15) is 29.6 Å². The van der Waals surface area contributed by atoms with E-state index in [0.29, 0.717) is 5.56 Å². The van der Waals surface area contributed by atoms with Gasteiger partial charge in [-0.1, -0.05) is 5.22 Å². The number of hydrogen-bond donors (Lipinski definition) is 0. The Balaban J connectivity index is 2.08. The molecule has 1 heterocycles. The topological polar surface area (TPSA) is 54.3 Å². The summed E-state index contributed by atoms with van der Waals surface area (Å²) in [5.41, 5.74) is 1.31. The van der Waals surface area contributed by atoms with E-state index in [1.807, 2.05) is 5.01 Å². The lowest BCUT2D eigenvalue weighted by atomic mass is 10.2. The average molecular weight is 373 g/mol. The summed E-state index contributed by atoms with van der Waals surface area (Å²) in [5, 5.41) is 10.5. The van der Waals surface area contributed by atoms with Crippen LogP contribution in [0.25, 0.3) is 0 Å². The highest BCUT2D eigenvalue weighted by Gasteiger charge is 2.10. The van der Waals surface area contributed by atoms with Crippen LogP contribution in [-0.4, -0.2) is 31.2 Å². The summed E-state index contributed by atoms with van der Waals surface area (Å²) >= 11 is 2.15. The van der Waals surface area contributed by atoms with E-state index in [2.05, 4.69) is 37.7 Å². The molecule has 0 spiro atoms. The van der Waals surface area contributed by atoms with Gasteiger partial charge in [0.25, 0.3) is 0 Å². The minimum Gasteiger partial charge on any atom is -0.465 e. The molecule has 1 fully saturated rings. The Hall–Kier alpha value is -1.18. The van der Waals surface area contributed by atoms with Gasteiger partial charge in [-0.3, -0.25) is 5.01 Å². The molecule has 0 aromatic heterocycles. The molecule has 1 aliphatic heterocycles. The maximum absolute atomic E-state index is 11.4. The van der Waals surface area contributed by atoms with Crippen molar-refractivity contribution in [1.82, 2.24) is 5.01 Å². The van der Waals surface area contributed by atoms with Crippen LogP contribution in [0.4, 0.5) is 5.69 Å². The number of ether oxygens (including phenoxy) is 1. The molecule has 5 nitrogen and oxygen atoms in total. The Morgan fingerprint density at radius 3 is 2.68 bits per heavy atom. The Labute approximate surface area is 126 Å². The first-order valence-corrected chi connectivity index (χ1v) is 7.33. The van der Waals surface area contributed by atoms with E-state index in [4.69, 9.17) is 0 Å². The molecule has 0 saturated carbocycles. The van der Waals surface area contributed by atoms with Gasteiger partial charge in [-0.2, -0.15) is 0 Å². The second-order valence-electron chi connectivity index (χ2n) is 4.36. The molecule has 0 aliphatic carbocycles. The first-order valence-electron chi connectivity index (χ1n) is 6.25. The van der Waals surface area contributed by atoms with Crippen molar-refractivity contribution in [3.8, 4) is 0 Å². The van der Waals surface area contributed by atoms with E-state index in [0.717, 1.165) is 22.3 Å². The van der Waals surface area contributed by atoms with Crippen molar-refractivity contribution in [2.24, 2.45) is 10.3 Å². The number of esters is 1. The van der Waals surface area contributed by atoms with Crippen molar-refractivity contribution < 1.29 is 9.53 Å². The molecule has 0 atom stereocenters. The zero-order chi connectivity index (χ0) is 13.7. The van der Waals surface area contributed by atoms with Crippen LogP contribution in [0.2, 0.25) is 0 Å². The van der Waals surface area contributed by atoms with Gasteiger partial charge in [-0.25, -0.2) is 4.79 Å². The summed E-state index contributed by atoms with van der Waals surface area (Å²) in [6.07, 6.45) is 3.63. The van der Waals surface area contributed by atoms with E-state index in [1.165, 1.54) is 26.4 Å². The quantitative estimate of drug-likeness (QED) is 0.463. The number of halogens is 1. The smallest absolute Gasteiger partial charge is 0.337 e. The average Bonchev–Trinajstić information content (AvgIpc) is 2.46. The normalized spacial score (nSPS) is 15.8. The Bertz CT molecular complexity index is 485. The van der Waals surface area contributed by atoms with Crippen LogP contribution in [0, 0.1) is 3.57 Å². The van der Waals surface area contributed by atoms with Gasteiger partial charge in [0.2, 0.25) is 0 Å². The van der Waals surface area contributed by atoms with Crippen LogP contribution in [0.3, 0.4) is 0 Å². The van der Waals surface area contributed by atoms with Crippen LogP contribution in [-0.2, 0) is 4.74 Å². The van der Waals surface area contributed by atoms with Gasteiger partial charge in [0.05, 0.1) is 12.7 Å². The SMILES string of the molecule is COC(=O)c1ccc(N=NN2CCCCC2)c(I)c1. The van der Waals surface area contributed by atoms with Gasteiger partial charge in [0, 0.05) is 16.7 Å². The largest absolute Gasteiger partial charge is 0.465 e. The van der Waals surface area contributed by atoms with Crippen molar-refractivity contribution >= 4 is 34.2 Å². The molecule has 1 aromatic carbocycles. The highest BCUT2D eigenvalue weighted by molar-refractivity contribution is 14.1. The lowest BCUT2D eigenvalue weighted by molar-refractivity contribution is 0.0600. The number of nitrogens with zero attached hydrogens (tertiary/aromatic N) is 3. The third kappa shape index (κ3) is 3.89. The van der Waals surface area contributed by atoms with Gasteiger partial charge in [-0.05, 0) is 60.1 Å². The summed E-state index contributed by atoms with van der Waals surface area (Å²) < 4.78 is 5.57. The minimum atomic E-state index is -0.336. The molecule has 1 aliphatic rings. The predicted octanol–water partition coefficient (Wildman–Crippen LogP) is 3.56. The van der Waals surface area contributed by atoms with E-state index in [1.54, 1.807) is 18.2 Å². The number of hydrogen-bond acceptors (Lipinski definition) is 4. The Morgan fingerprint density at radius 1 is 1.32 bits per heavy atom. The third-order valence-electron chi connectivity index (χ3n) is 2.98. The number of carbonyl (C=O) groups is 1. The molecule has 0 amide bonds. The molecule has 0 N–H and O–H groups in total. The summed E-state index contributed by atoms with van der Waals surface area (Å²) in [4.78, 5) is 11.4. The Morgan fingerprint density at radius 2 is 2.05 bits per heavy atom. The lowest BCUT2D eigenvalue weighted by Gasteiger charge is -2.21. The predicted molar refractivity (Wildman–Crippen MR) is 80.4 cm³/mol. The van der Waals surface area contributed by atoms with Crippen LogP contribution in [0.15, 0.2) is 28.5 Å². The van der Waals surface area contributed by atoms with Crippen LogP contribution >= 0.6 is 22.6 Å². The van der Waals surface area contributed by atoms with E-state index in [9.17, 15) is 4.79 Å². The van der Waals surface area contributed by atoms with Gasteiger partial charge in [-0.15, -0.1) is 5.11 Å². The van der Waals surface area contributed by atoms with Gasteiger partial charge >= 0.3 is 5.97 Å². The fourth-order valence-electron chi connectivity index (χ4n) is 1.91. The van der Waals surface area contributed by atoms with Gasteiger partial charge in [0.15, 0.2) is 0 Å². The minimum absolute atomic E-state index is 0.336. The number of benzene rings is 1. The fourth-order valence-corrected chi connectivity index (χ4v) is 2.53. The molecule has 2 rings (SSSR count). The molecule has 0 radical (unpaired) electrons. The maximum Gasteiger partial charge on any atom is 0.337 e.